The molecule has 0 radical (unpaired) electrons. The van der Waals surface area contributed by atoms with E-state index in [-0.39, 0.29) is 0 Å². The Morgan fingerprint density at radius 2 is 0.602 bits per heavy atom. The van der Waals surface area contributed by atoms with Crippen molar-refractivity contribution in [2.75, 3.05) is 299 Å². The Hall–Kier alpha value is -1.93. The maximum absolute atomic E-state index is 9.71. The van der Waals surface area contributed by atoms with Gasteiger partial charge in [0.1, 0.15) is 18.9 Å². The monoisotopic (exact) mass is 1530 g/mol. The molecular formula is C88H183N17O3. The Balaban J connectivity index is 0.000000495. The minimum atomic E-state index is 0.639. The molecule has 8 rings (SSSR count). The van der Waals surface area contributed by atoms with E-state index < -0.39 is 0 Å². The summed E-state index contributed by atoms with van der Waals surface area (Å²) < 4.78 is 0. The first-order chi connectivity index (χ1) is 52.9. The highest BCUT2D eigenvalue weighted by atomic mass is 16.1. The number of nitrogens with zero attached hydrogens (tertiary/aromatic N) is 12. The van der Waals surface area contributed by atoms with Crippen LogP contribution in [0.3, 0.4) is 0 Å². The van der Waals surface area contributed by atoms with Crippen molar-refractivity contribution >= 4 is 18.9 Å². The smallest absolute Gasteiger partial charge is 0.142 e. The predicted octanol–water partition coefficient (Wildman–Crippen LogP) is 10.3. The lowest BCUT2D eigenvalue weighted by Crippen LogP contribution is -2.30. The molecule has 8 fully saturated rings. The van der Waals surface area contributed by atoms with Crippen LogP contribution in [-0.2, 0) is 14.4 Å². The molecule has 0 bridgehead atoms. The summed E-state index contributed by atoms with van der Waals surface area (Å²) in [6.45, 7) is 51.7. The fourth-order valence-electron chi connectivity index (χ4n) is 13.6. The van der Waals surface area contributed by atoms with Gasteiger partial charge in [-0.2, -0.15) is 0 Å². The van der Waals surface area contributed by atoms with E-state index in [0.717, 1.165) is 63.2 Å². The topological polar surface area (TPSA) is 169 Å². The molecule has 108 heavy (non-hydrogen) atoms. The van der Waals surface area contributed by atoms with Crippen LogP contribution in [0.15, 0.2) is 12.7 Å². The Morgan fingerprint density at radius 1 is 0.352 bits per heavy atom. The molecular weight excluding hydrogens is 1340 g/mol. The van der Waals surface area contributed by atoms with Crippen molar-refractivity contribution < 1.29 is 14.4 Å². The second-order valence-corrected chi connectivity index (χ2v) is 33.6. The van der Waals surface area contributed by atoms with E-state index in [1.165, 1.54) is 421 Å². The van der Waals surface area contributed by atoms with Crippen molar-refractivity contribution in [3.8, 4) is 0 Å². The van der Waals surface area contributed by atoms with Gasteiger partial charge in [0.2, 0.25) is 0 Å². The summed E-state index contributed by atoms with van der Waals surface area (Å²) in [5, 5.41) is 16.2. The average Bonchev–Trinajstić information content (AvgIpc) is 1.84. The number of aldehydes is 3. The number of nitrogens with one attached hydrogen (secondary N) is 5. The van der Waals surface area contributed by atoms with Gasteiger partial charge in [-0.05, 0) is 392 Å². The summed E-state index contributed by atoms with van der Waals surface area (Å²) in [4.78, 5) is 59.0. The van der Waals surface area contributed by atoms with Crippen LogP contribution in [0.4, 0.5) is 0 Å². The lowest BCUT2D eigenvalue weighted by molar-refractivity contribution is -0.108. The molecule has 0 aromatic rings. The molecule has 5 N–H and O–H groups in total. The van der Waals surface area contributed by atoms with Crippen molar-refractivity contribution in [3.05, 3.63) is 12.7 Å². The van der Waals surface area contributed by atoms with Crippen LogP contribution in [0.2, 0.25) is 0 Å². The highest BCUT2D eigenvalue weighted by Gasteiger charge is 2.23. The second-order valence-electron chi connectivity index (χ2n) is 33.6. The maximum Gasteiger partial charge on any atom is 0.142 e. The van der Waals surface area contributed by atoms with Gasteiger partial charge in [-0.3, -0.25) is 4.79 Å². The number of hydrogen-bond acceptors (Lipinski definition) is 20. The molecule has 6 heterocycles. The van der Waals surface area contributed by atoms with E-state index >= 15 is 0 Å². The van der Waals surface area contributed by atoms with Crippen LogP contribution in [0.1, 0.15) is 225 Å². The molecule has 2 saturated carbocycles. The zero-order valence-corrected chi connectivity index (χ0v) is 73.0. The minimum Gasteiger partial charge on any atom is -0.320 e. The lowest BCUT2D eigenvalue weighted by Gasteiger charge is -2.24. The zero-order valence-electron chi connectivity index (χ0n) is 73.0. The standard InChI is InChI=1S/C31H64N6.C26H55N5.C16H37N3.2C5H9NO.C3H4O.C2H5N/c1-33(20-10-13-30-15-16-30)17-4-7-23-36(24-8-5-18-34(2)21-11-14-31-29-32-31)25-9-6-19-35(3)22-12-26-37-27-28-37;1-27-15-4-5-20-30(21-8-6-16-28(2)18-10-12-26-13-14-26)22-9-7-17-29(3)19-11-23-31-24-25-31;1-4-5-6-9-14-19(15-10-7-12-17-2)16-11-8-13-18-3;2*7-5-1-2-6-3-4-6;1-2-3-4;1-2-3-1/h30-32H,4-29H2,1-3H3;26-27H,4-25H2,1-3H3;17-18H,4-16H2,1-3H3;2*5H,1-4H2;2-3H,1H2;3H,1-2H2. The van der Waals surface area contributed by atoms with E-state index in [9.17, 15) is 9.59 Å². The third kappa shape index (κ3) is 79.3. The molecule has 0 amide bonds. The van der Waals surface area contributed by atoms with Crippen molar-refractivity contribution in [2.24, 2.45) is 11.8 Å². The molecule has 0 aromatic carbocycles. The summed E-state index contributed by atoms with van der Waals surface area (Å²) in [7, 11) is 17.7. The van der Waals surface area contributed by atoms with Crippen LogP contribution in [0.5, 0.6) is 0 Å². The molecule has 6 saturated heterocycles. The van der Waals surface area contributed by atoms with Crippen molar-refractivity contribution in [2.45, 2.75) is 231 Å². The quantitative estimate of drug-likeness (QED) is 0.0169. The van der Waals surface area contributed by atoms with Crippen molar-refractivity contribution in [3.63, 3.8) is 0 Å². The fraction of sp³-hybridized carbons (Fsp3) is 0.943. The largest absolute Gasteiger partial charge is 0.320 e. The normalized spacial score (nSPS) is 17.0. The number of rotatable bonds is 72. The first-order valence-electron chi connectivity index (χ1n) is 45.7. The van der Waals surface area contributed by atoms with E-state index in [1.807, 2.05) is 14.1 Å². The molecule has 0 spiro atoms. The van der Waals surface area contributed by atoms with Gasteiger partial charge in [-0.15, -0.1) is 0 Å². The summed E-state index contributed by atoms with van der Waals surface area (Å²) in [6.07, 6.45) is 49.3. The van der Waals surface area contributed by atoms with Gasteiger partial charge in [0.15, 0.2) is 0 Å². The molecule has 2 aliphatic carbocycles. The van der Waals surface area contributed by atoms with Gasteiger partial charge < -0.3 is 95.0 Å². The zero-order chi connectivity index (χ0) is 78.2. The number of unbranched alkanes of at least 4 members (excludes halogenated alkanes) is 11. The second kappa shape index (κ2) is 75.1. The van der Waals surface area contributed by atoms with Crippen molar-refractivity contribution in [1.82, 2.24) is 85.4 Å². The lowest BCUT2D eigenvalue weighted by atomic mass is 10.2. The van der Waals surface area contributed by atoms with Crippen LogP contribution in [0, 0.1) is 11.8 Å². The van der Waals surface area contributed by atoms with Gasteiger partial charge in [0.05, 0.1) is 0 Å². The van der Waals surface area contributed by atoms with E-state index in [1.54, 1.807) is 0 Å². The first kappa shape index (κ1) is 102. The van der Waals surface area contributed by atoms with Gasteiger partial charge in [-0.1, -0.05) is 58.4 Å². The third-order valence-electron chi connectivity index (χ3n) is 22.0. The van der Waals surface area contributed by atoms with E-state index in [0.29, 0.717) is 19.1 Å². The molecule has 0 aromatic heterocycles. The van der Waals surface area contributed by atoms with Crippen LogP contribution in [0.25, 0.3) is 0 Å². The van der Waals surface area contributed by atoms with Gasteiger partial charge in [0, 0.05) is 104 Å². The number of carbonyl (C=O) groups is 3. The van der Waals surface area contributed by atoms with Gasteiger partial charge in [0.25, 0.3) is 0 Å². The number of allylic oxidation sites excluding steroid dienone is 1. The minimum absolute atomic E-state index is 0.639. The molecule has 20 nitrogen and oxygen atoms in total. The third-order valence-corrected chi connectivity index (χ3v) is 22.0. The molecule has 1 unspecified atom stereocenters. The van der Waals surface area contributed by atoms with Crippen LogP contribution < -0.4 is 26.6 Å². The predicted molar refractivity (Wildman–Crippen MR) is 467 cm³/mol. The highest BCUT2D eigenvalue weighted by molar-refractivity contribution is 5.63. The van der Waals surface area contributed by atoms with Crippen LogP contribution in [-0.4, -0.2) is 382 Å². The summed E-state index contributed by atoms with van der Waals surface area (Å²) >= 11 is 0. The number of hydrogen-bond donors (Lipinski definition) is 5. The molecule has 638 valence electrons. The average molecular weight is 1530 g/mol. The molecule has 8 aliphatic rings. The Labute approximate surface area is 669 Å². The van der Waals surface area contributed by atoms with Crippen molar-refractivity contribution in [1.29, 1.82) is 0 Å². The summed E-state index contributed by atoms with van der Waals surface area (Å²) in [5.41, 5.74) is 0. The fourth-order valence-corrected chi connectivity index (χ4v) is 13.6. The van der Waals surface area contributed by atoms with Crippen LogP contribution >= 0.6 is 0 Å². The molecule has 1 atom stereocenters. The van der Waals surface area contributed by atoms with E-state index in [4.69, 9.17) is 4.79 Å². The Morgan fingerprint density at radius 3 is 0.843 bits per heavy atom. The SMILES string of the molecule is C1CN1.C=CC=O.CCCCCCN(CCCCNC)CCCCNC.CN(CCCCN(CCCCN(C)CCCC1CN1)CCCCN(C)CCCN1CC1)CCCC1CC1.CNCCCCN(CCCCN(C)CCCC1CC1)CCCCN(C)CCCN1CC1.O=CCCN1CC1.O=CCCN1CC1. The maximum atomic E-state index is 9.71. The molecule has 20 heteroatoms. The van der Waals surface area contributed by atoms with Gasteiger partial charge in [-0.25, -0.2) is 0 Å². The first-order valence-corrected chi connectivity index (χ1v) is 45.7. The van der Waals surface area contributed by atoms with E-state index in [2.05, 4.69) is 141 Å². The van der Waals surface area contributed by atoms with Gasteiger partial charge >= 0.3 is 0 Å². The Kier molecular flexibility index (Phi) is 71.1. The summed E-state index contributed by atoms with van der Waals surface area (Å²) in [6, 6.07) is 0.838. The molecule has 6 aliphatic heterocycles. The number of carbonyl (C=O) groups excluding carboxylic acids is 3. The summed E-state index contributed by atoms with van der Waals surface area (Å²) in [5.74, 6) is 2.17. The highest BCUT2D eigenvalue weighted by Crippen LogP contribution is 2.34. The Bertz CT molecular complexity index is 1760.